The van der Waals surface area contributed by atoms with Crippen LogP contribution < -0.4 is 10.6 Å². The van der Waals surface area contributed by atoms with E-state index in [1.54, 1.807) is 12.1 Å². The Kier molecular flexibility index (Phi) is 4.88. The zero-order valence-electron chi connectivity index (χ0n) is 14.9. The Balaban J connectivity index is 1.57. The number of aryl methyl sites for hydroxylation is 3. The molecule has 6 nitrogen and oxygen atoms in total. The van der Waals surface area contributed by atoms with Crippen molar-refractivity contribution in [2.24, 2.45) is 5.92 Å². The highest BCUT2D eigenvalue weighted by molar-refractivity contribution is 5.97. The minimum Gasteiger partial charge on any atom is -0.352 e. The Morgan fingerprint density at radius 1 is 1.32 bits per heavy atom. The maximum absolute atomic E-state index is 12.4. The largest absolute Gasteiger partial charge is 0.352 e. The van der Waals surface area contributed by atoms with Crippen molar-refractivity contribution in [3.05, 3.63) is 46.8 Å². The fourth-order valence-corrected chi connectivity index (χ4v) is 3.11. The SMILES string of the molecule is Cc1cc(C)n(C[C@H](C)CNC(=O)c2ccc3c(c2)CCC(=O)N3)n1. The van der Waals surface area contributed by atoms with Crippen molar-refractivity contribution in [3.8, 4) is 0 Å². The van der Waals surface area contributed by atoms with Gasteiger partial charge in [-0.1, -0.05) is 6.92 Å². The van der Waals surface area contributed by atoms with Gasteiger partial charge in [-0.3, -0.25) is 14.3 Å². The molecule has 0 spiro atoms. The first-order valence-corrected chi connectivity index (χ1v) is 8.64. The molecule has 1 atom stereocenters. The number of amides is 2. The van der Waals surface area contributed by atoms with Gasteiger partial charge in [-0.05, 0) is 56.0 Å². The van der Waals surface area contributed by atoms with Crippen LogP contribution in [0.25, 0.3) is 0 Å². The average Bonchev–Trinajstić information content (AvgIpc) is 2.89. The van der Waals surface area contributed by atoms with Crippen LogP contribution in [0.1, 0.15) is 40.7 Å². The molecule has 1 aromatic carbocycles. The van der Waals surface area contributed by atoms with E-state index < -0.39 is 0 Å². The van der Waals surface area contributed by atoms with Crippen molar-refractivity contribution in [1.29, 1.82) is 0 Å². The van der Waals surface area contributed by atoms with E-state index in [2.05, 4.69) is 28.7 Å². The predicted molar refractivity (Wildman–Crippen MR) is 96.6 cm³/mol. The standard InChI is InChI=1S/C19H24N4O2/c1-12(11-23-14(3)8-13(2)22-23)10-20-19(25)16-4-6-17-15(9-16)5-7-18(24)21-17/h4,6,8-9,12H,5,7,10-11H2,1-3H3,(H,20,25)(H,21,24)/t12-/m1/s1. The molecule has 25 heavy (non-hydrogen) atoms. The highest BCUT2D eigenvalue weighted by Crippen LogP contribution is 2.23. The van der Waals surface area contributed by atoms with Crippen molar-refractivity contribution in [2.45, 2.75) is 40.2 Å². The van der Waals surface area contributed by atoms with Gasteiger partial charge in [-0.25, -0.2) is 0 Å². The van der Waals surface area contributed by atoms with Crippen LogP contribution in [0, 0.1) is 19.8 Å². The summed E-state index contributed by atoms with van der Waals surface area (Å²) in [7, 11) is 0. The number of aromatic nitrogens is 2. The van der Waals surface area contributed by atoms with Crippen LogP contribution >= 0.6 is 0 Å². The third kappa shape index (κ3) is 4.07. The van der Waals surface area contributed by atoms with Crippen molar-refractivity contribution in [3.63, 3.8) is 0 Å². The van der Waals surface area contributed by atoms with Crippen molar-refractivity contribution in [2.75, 3.05) is 11.9 Å². The number of anilines is 1. The van der Waals surface area contributed by atoms with E-state index in [-0.39, 0.29) is 17.7 Å². The first-order chi connectivity index (χ1) is 11.9. The van der Waals surface area contributed by atoms with Crippen LogP contribution in [0.3, 0.4) is 0 Å². The lowest BCUT2D eigenvalue weighted by molar-refractivity contribution is -0.116. The lowest BCUT2D eigenvalue weighted by Gasteiger charge is -2.18. The summed E-state index contributed by atoms with van der Waals surface area (Å²) in [5, 5.41) is 10.3. The van der Waals surface area contributed by atoms with Crippen molar-refractivity contribution in [1.82, 2.24) is 15.1 Å². The molecule has 1 aliphatic rings. The van der Waals surface area contributed by atoms with Crippen LogP contribution in [-0.2, 0) is 17.8 Å². The number of carbonyl (C=O) groups excluding carboxylic acids is 2. The normalized spacial score (nSPS) is 14.6. The molecule has 0 saturated heterocycles. The summed E-state index contributed by atoms with van der Waals surface area (Å²) < 4.78 is 1.98. The number of benzene rings is 1. The molecule has 0 unspecified atom stereocenters. The van der Waals surface area contributed by atoms with E-state index in [0.29, 0.717) is 24.9 Å². The van der Waals surface area contributed by atoms with Gasteiger partial charge < -0.3 is 10.6 Å². The molecule has 3 rings (SSSR count). The number of rotatable bonds is 5. The van der Waals surface area contributed by atoms with Gasteiger partial charge in [0.15, 0.2) is 0 Å². The summed E-state index contributed by atoms with van der Waals surface area (Å²) in [5.41, 5.74) is 4.60. The van der Waals surface area contributed by atoms with Crippen molar-refractivity contribution >= 4 is 17.5 Å². The molecular formula is C19H24N4O2. The first-order valence-electron chi connectivity index (χ1n) is 8.64. The average molecular weight is 340 g/mol. The number of hydrogen-bond donors (Lipinski definition) is 2. The summed E-state index contributed by atoms with van der Waals surface area (Å²) in [5.74, 6) is 0.224. The number of hydrogen-bond acceptors (Lipinski definition) is 3. The summed E-state index contributed by atoms with van der Waals surface area (Å²) in [4.78, 5) is 23.8. The number of fused-ring (bicyclic) bond motifs is 1. The molecule has 0 fully saturated rings. The summed E-state index contributed by atoms with van der Waals surface area (Å²) in [6.45, 7) is 7.48. The second-order valence-electron chi connectivity index (χ2n) is 6.84. The van der Waals surface area contributed by atoms with Crippen LogP contribution in [0.2, 0.25) is 0 Å². The lowest BCUT2D eigenvalue weighted by Crippen LogP contribution is -2.30. The quantitative estimate of drug-likeness (QED) is 0.878. The first kappa shape index (κ1) is 17.2. The Bertz CT molecular complexity index is 810. The molecule has 0 radical (unpaired) electrons. The van der Waals surface area contributed by atoms with Crippen molar-refractivity contribution < 1.29 is 9.59 Å². The van der Waals surface area contributed by atoms with Gasteiger partial charge in [0.05, 0.1) is 5.69 Å². The molecule has 2 aromatic rings. The Hall–Kier alpha value is -2.63. The molecule has 1 aliphatic heterocycles. The highest BCUT2D eigenvalue weighted by atomic mass is 16.2. The molecule has 2 heterocycles. The predicted octanol–water partition coefficient (Wildman–Crippen LogP) is 2.45. The van der Waals surface area contributed by atoms with Gasteiger partial charge in [0, 0.05) is 36.5 Å². The van der Waals surface area contributed by atoms with Crippen LogP contribution in [0.4, 0.5) is 5.69 Å². The van der Waals surface area contributed by atoms with Crippen LogP contribution in [0.5, 0.6) is 0 Å². The van der Waals surface area contributed by atoms with Gasteiger partial charge in [0.1, 0.15) is 0 Å². The second kappa shape index (κ2) is 7.09. The van der Waals surface area contributed by atoms with E-state index in [1.165, 1.54) is 0 Å². The van der Waals surface area contributed by atoms with E-state index in [0.717, 1.165) is 29.2 Å². The molecular weight excluding hydrogens is 316 g/mol. The minimum absolute atomic E-state index is 0.0303. The van der Waals surface area contributed by atoms with E-state index in [9.17, 15) is 9.59 Å². The zero-order valence-corrected chi connectivity index (χ0v) is 14.9. The lowest BCUT2D eigenvalue weighted by atomic mass is 10.00. The topological polar surface area (TPSA) is 76.0 Å². The summed E-state index contributed by atoms with van der Waals surface area (Å²) >= 11 is 0. The maximum atomic E-state index is 12.4. The molecule has 6 heteroatoms. The van der Waals surface area contributed by atoms with Gasteiger partial charge in [-0.2, -0.15) is 5.10 Å². The third-order valence-corrected chi connectivity index (χ3v) is 4.46. The maximum Gasteiger partial charge on any atom is 0.251 e. The molecule has 132 valence electrons. The molecule has 0 aliphatic carbocycles. The third-order valence-electron chi connectivity index (χ3n) is 4.46. The van der Waals surface area contributed by atoms with Gasteiger partial charge >= 0.3 is 0 Å². The van der Waals surface area contributed by atoms with Gasteiger partial charge in [0.2, 0.25) is 5.91 Å². The zero-order chi connectivity index (χ0) is 18.0. The Morgan fingerprint density at radius 3 is 2.84 bits per heavy atom. The molecule has 0 saturated carbocycles. The monoisotopic (exact) mass is 340 g/mol. The molecule has 2 amide bonds. The molecule has 2 N–H and O–H groups in total. The van der Waals surface area contributed by atoms with Gasteiger partial charge in [0.25, 0.3) is 5.91 Å². The molecule has 1 aromatic heterocycles. The highest BCUT2D eigenvalue weighted by Gasteiger charge is 2.17. The van der Waals surface area contributed by atoms with E-state index in [4.69, 9.17) is 0 Å². The van der Waals surface area contributed by atoms with E-state index in [1.807, 2.05) is 24.6 Å². The second-order valence-corrected chi connectivity index (χ2v) is 6.84. The van der Waals surface area contributed by atoms with Crippen LogP contribution in [-0.4, -0.2) is 28.1 Å². The summed E-state index contributed by atoms with van der Waals surface area (Å²) in [6.07, 6.45) is 1.15. The summed E-state index contributed by atoms with van der Waals surface area (Å²) in [6, 6.07) is 7.49. The minimum atomic E-state index is -0.0834. The fraction of sp³-hybridized carbons (Fsp3) is 0.421. The van der Waals surface area contributed by atoms with Gasteiger partial charge in [-0.15, -0.1) is 0 Å². The number of carbonyl (C=O) groups is 2. The fourth-order valence-electron chi connectivity index (χ4n) is 3.11. The molecule has 0 bridgehead atoms. The smallest absolute Gasteiger partial charge is 0.251 e. The number of nitrogens with one attached hydrogen (secondary N) is 2. The van der Waals surface area contributed by atoms with Crippen LogP contribution in [0.15, 0.2) is 24.3 Å². The Morgan fingerprint density at radius 2 is 2.12 bits per heavy atom. The Labute approximate surface area is 147 Å². The van der Waals surface area contributed by atoms with E-state index >= 15 is 0 Å². The number of nitrogens with zero attached hydrogens (tertiary/aromatic N) is 2.